The topological polar surface area (TPSA) is 54.8 Å². The van der Waals surface area contributed by atoms with Crippen molar-refractivity contribution in [1.82, 2.24) is 4.98 Å². The van der Waals surface area contributed by atoms with Gasteiger partial charge >= 0.3 is 0 Å². The van der Waals surface area contributed by atoms with Crippen LogP contribution >= 0.6 is 0 Å². The van der Waals surface area contributed by atoms with E-state index in [-0.39, 0.29) is 6.61 Å². The molecule has 102 valence electrons. The Hall–Kier alpha value is -1.17. The molecule has 0 aliphatic carbocycles. The van der Waals surface area contributed by atoms with Crippen LogP contribution < -0.4 is 4.90 Å². The second-order valence-electron chi connectivity index (χ2n) is 4.01. The lowest BCUT2D eigenvalue weighted by Crippen LogP contribution is -2.29. The van der Waals surface area contributed by atoms with Crippen LogP contribution in [0.25, 0.3) is 0 Å². The SMILES string of the molecule is COCCCN(CCOC)c1cc(CO)ccn1. The predicted molar refractivity (Wildman–Crippen MR) is 70.7 cm³/mol. The molecular formula is C13H22N2O3. The molecular weight excluding hydrogens is 232 g/mol. The Balaban J connectivity index is 2.66. The van der Waals surface area contributed by atoms with Gasteiger partial charge in [0.05, 0.1) is 13.2 Å². The van der Waals surface area contributed by atoms with Gasteiger partial charge in [0, 0.05) is 40.1 Å². The highest BCUT2D eigenvalue weighted by Gasteiger charge is 2.08. The molecule has 0 atom stereocenters. The first-order valence-electron chi connectivity index (χ1n) is 6.10. The molecule has 0 spiro atoms. The van der Waals surface area contributed by atoms with Crippen LogP contribution in [-0.2, 0) is 16.1 Å². The number of anilines is 1. The number of ether oxygens (including phenoxy) is 2. The summed E-state index contributed by atoms with van der Waals surface area (Å²) in [6.45, 7) is 3.05. The van der Waals surface area contributed by atoms with Gasteiger partial charge in [-0.05, 0) is 24.1 Å². The van der Waals surface area contributed by atoms with Crippen molar-refractivity contribution in [2.45, 2.75) is 13.0 Å². The lowest BCUT2D eigenvalue weighted by atomic mass is 10.2. The third-order valence-electron chi connectivity index (χ3n) is 2.66. The Morgan fingerprint density at radius 3 is 2.67 bits per heavy atom. The van der Waals surface area contributed by atoms with Crippen LogP contribution in [0.4, 0.5) is 5.82 Å². The second-order valence-corrected chi connectivity index (χ2v) is 4.01. The van der Waals surface area contributed by atoms with E-state index in [4.69, 9.17) is 14.6 Å². The molecule has 1 rings (SSSR count). The Morgan fingerprint density at radius 2 is 2.00 bits per heavy atom. The molecule has 0 aromatic carbocycles. The third kappa shape index (κ3) is 5.00. The summed E-state index contributed by atoms with van der Waals surface area (Å²) in [6.07, 6.45) is 2.66. The highest BCUT2D eigenvalue weighted by atomic mass is 16.5. The normalized spacial score (nSPS) is 10.6. The zero-order valence-electron chi connectivity index (χ0n) is 11.1. The van der Waals surface area contributed by atoms with Gasteiger partial charge in [-0.3, -0.25) is 0 Å². The molecule has 0 bridgehead atoms. The molecule has 0 aliphatic rings. The molecule has 0 saturated heterocycles. The van der Waals surface area contributed by atoms with E-state index in [1.165, 1.54) is 0 Å². The number of aliphatic hydroxyl groups excluding tert-OH is 1. The van der Waals surface area contributed by atoms with Gasteiger partial charge in [0.15, 0.2) is 0 Å². The Labute approximate surface area is 108 Å². The zero-order chi connectivity index (χ0) is 13.2. The van der Waals surface area contributed by atoms with Crippen molar-refractivity contribution < 1.29 is 14.6 Å². The van der Waals surface area contributed by atoms with Crippen LogP contribution in [0.2, 0.25) is 0 Å². The quantitative estimate of drug-likeness (QED) is 0.668. The van der Waals surface area contributed by atoms with E-state index in [9.17, 15) is 0 Å². The van der Waals surface area contributed by atoms with Gasteiger partial charge in [0.2, 0.25) is 0 Å². The van der Waals surface area contributed by atoms with Crippen molar-refractivity contribution in [1.29, 1.82) is 0 Å². The maximum atomic E-state index is 9.14. The maximum absolute atomic E-state index is 9.14. The van der Waals surface area contributed by atoms with Crippen molar-refractivity contribution in [3.05, 3.63) is 23.9 Å². The molecule has 18 heavy (non-hydrogen) atoms. The van der Waals surface area contributed by atoms with Crippen LogP contribution in [0, 0.1) is 0 Å². The standard InChI is InChI=1S/C13H22N2O3/c1-17-8-3-6-15(7-9-18-2)13-10-12(11-16)4-5-14-13/h4-5,10,16H,3,6-9,11H2,1-2H3. The van der Waals surface area contributed by atoms with E-state index < -0.39 is 0 Å². The van der Waals surface area contributed by atoms with Gasteiger partial charge in [-0.15, -0.1) is 0 Å². The van der Waals surface area contributed by atoms with E-state index >= 15 is 0 Å². The summed E-state index contributed by atoms with van der Waals surface area (Å²) in [5, 5.41) is 9.14. The molecule has 0 fully saturated rings. The minimum Gasteiger partial charge on any atom is -0.392 e. The lowest BCUT2D eigenvalue weighted by Gasteiger charge is -2.23. The molecule has 5 heteroatoms. The molecule has 1 aromatic heterocycles. The molecule has 0 aliphatic heterocycles. The van der Waals surface area contributed by atoms with Gasteiger partial charge < -0.3 is 19.5 Å². The zero-order valence-corrected chi connectivity index (χ0v) is 11.1. The van der Waals surface area contributed by atoms with Crippen molar-refractivity contribution in [2.24, 2.45) is 0 Å². The largest absolute Gasteiger partial charge is 0.392 e. The van der Waals surface area contributed by atoms with Gasteiger partial charge in [0.1, 0.15) is 5.82 Å². The smallest absolute Gasteiger partial charge is 0.128 e. The number of methoxy groups -OCH3 is 2. The average Bonchev–Trinajstić information content (AvgIpc) is 2.42. The van der Waals surface area contributed by atoms with Crippen LogP contribution in [0.3, 0.4) is 0 Å². The second kappa shape index (κ2) is 8.85. The summed E-state index contributed by atoms with van der Waals surface area (Å²) in [5.74, 6) is 0.870. The number of hydrogen-bond donors (Lipinski definition) is 1. The predicted octanol–water partition coefficient (Wildman–Crippen LogP) is 1.06. The van der Waals surface area contributed by atoms with E-state index in [1.54, 1.807) is 20.4 Å². The Kier molecular flexibility index (Phi) is 7.32. The van der Waals surface area contributed by atoms with Gasteiger partial charge in [-0.1, -0.05) is 0 Å². The number of rotatable bonds is 9. The molecule has 5 nitrogen and oxygen atoms in total. The van der Waals surface area contributed by atoms with Crippen molar-refractivity contribution in [2.75, 3.05) is 45.4 Å². The highest BCUT2D eigenvalue weighted by Crippen LogP contribution is 2.13. The van der Waals surface area contributed by atoms with Crippen molar-refractivity contribution in [3.8, 4) is 0 Å². The number of aliphatic hydroxyl groups is 1. The lowest BCUT2D eigenvalue weighted by molar-refractivity contribution is 0.191. The highest BCUT2D eigenvalue weighted by molar-refractivity contribution is 5.40. The van der Waals surface area contributed by atoms with Gasteiger partial charge in [-0.25, -0.2) is 4.98 Å². The summed E-state index contributed by atoms with van der Waals surface area (Å²) >= 11 is 0. The molecule has 1 heterocycles. The minimum absolute atomic E-state index is 0.0334. The fourth-order valence-electron chi connectivity index (χ4n) is 1.67. The molecule has 0 saturated carbocycles. The molecule has 0 unspecified atom stereocenters. The fraction of sp³-hybridized carbons (Fsp3) is 0.615. The number of nitrogens with zero attached hydrogens (tertiary/aromatic N) is 2. The van der Waals surface area contributed by atoms with E-state index in [0.29, 0.717) is 6.61 Å². The first kappa shape index (κ1) is 14.9. The Bertz CT molecular complexity index is 334. The number of aromatic nitrogens is 1. The summed E-state index contributed by atoms with van der Waals surface area (Å²) in [5.41, 5.74) is 0.870. The monoisotopic (exact) mass is 254 g/mol. The van der Waals surface area contributed by atoms with Crippen LogP contribution in [-0.4, -0.2) is 50.6 Å². The summed E-state index contributed by atoms with van der Waals surface area (Å²) < 4.78 is 10.2. The van der Waals surface area contributed by atoms with Gasteiger partial charge in [0.25, 0.3) is 0 Å². The molecule has 1 N–H and O–H groups in total. The minimum atomic E-state index is 0.0334. The van der Waals surface area contributed by atoms with Crippen molar-refractivity contribution >= 4 is 5.82 Å². The number of pyridine rings is 1. The van der Waals surface area contributed by atoms with E-state index in [0.717, 1.165) is 37.5 Å². The van der Waals surface area contributed by atoms with Crippen LogP contribution in [0.5, 0.6) is 0 Å². The molecule has 0 radical (unpaired) electrons. The van der Waals surface area contributed by atoms with E-state index in [2.05, 4.69) is 9.88 Å². The van der Waals surface area contributed by atoms with Crippen molar-refractivity contribution in [3.63, 3.8) is 0 Å². The third-order valence-corrected chi connectivity index (χ3v) is 2.66. The van der Waals surface area contributed by atoms with Gasteiger partial charge in [-0.2, -0.15) is 0 Å². The van der Waals surface area contributed by atoms with Crippen LogP contribution in [0.1, 0.15) is 12.0 Å². The average molecular weight is 254 g/mol. The summed E-state index contributed by atoms with van der Waals surface area (Å²) in [4.78, 5) is 6.48. The first-order chi connectivity index (χ1) is 8.81. The fourth-order valence-corrected chi connectivity index (χ4v) is 1.67. The van der Waals surface area contributed by atoms with E-state index in [1.807, 2.05) is 12.1 Å². The van der Waals surface area contributed by atoms with Crippen LogP contribution in [0.15, 0.2) is 18.3 Å². The molecule has 1 aromatic rings. The maximum Gasteiger partial charge on any atom is 0.128 e. The molecule has 0 amide bonds. The summed E-state index contributed by atoms with van der Waals surface area (Å²) in [7, 11) is 3.38. The summed E-state index contributed by atoms with van der Waals surface area (Å²) in [6, 6.07) is 3.72. The first-order valence-corrected chi connectivity index (χ1v) is 6.10. The number of hydrogen-bond acceptors (Lipinski definition) is 5. The Morgan fingerprint density at radius 1 is 1.22 bits per heavy atom.